The molecule has 0 radical (unpaired) electrons. The lowest BCUT2D eigenvalue weighted by molar-refractivity contribution is -0.0441. The summed E-state index contributed by atoms with van der Waals surface area (Å²) in [5, 5.41) is 16.5. The van der Waals surface area contributed by atoms with Crippen LogP contribution in [0.3, 0.4) is 0 Å². The molecule has 1 unspecified atom stereocenters. The summed E-state index contributed by atoms with van der Waals surface area (Å²) in [5.41, 5.74) is 1.92. The first-order valence-electron chi connectivity index (χ1n) is 2.93. The molecule has 0 heterocycles. The van der Waals surface area contributed by atoms with Crippen LogP contribution in [-0.4, -0.2) is 29.8 Å². The second kappa shape index (κ2) is 5.97. The SMILES string of the molecule is CC(NO)OCCCO. The van der Waals surface area contributed by atoms with Gasteiger partial charge in [-0.05, 0) is 13.3 Å². The van der Waals surface area contributed by atoms with E-state index in [1.165, 1.54) is 0 Å². The van der Waals surface area contributed by atoms with Crippen molar-refractivity contribution < 1.29 is 15.1 Å². The Bertz CT molecular complexity index is 60.2. The van der Waals surface area contributed by atoms with Crippen LogP contribution in [0.15, 0.2) is 0 Å². The molecular weight excluding hydrogens is 122 g/mol. The van der Waals surface area contributed by atoms with E-state index < -0.39 is 0 Å². The Morgan fingerprint density at radius 1 is 1.67 bits per heavy atom. The summed E-state index contributed by atoms with van der Waals surface area (Å²) in [6, 6.07) is 0. The normalized spacial score (nSPS) is 13.7. The number of aliphatic hydroxyl groups is 1. The molecule has 0 saturated heterocycles. The molecular formula is C5H13NO3. The fourth-order valence-electron chi connectivity index (χ4n) is 0.362. The molecule has 0 amide bonds. The third-order valence-corrected chi connectivity index (χ3v) is 0.852. The van der Waals surface area contributed by atoms with E-state index in [0.29, 0.717) is 13.0 Å². The van der Waals surface area contributed by atoms with Crippen molar-refractivity contribution in [3.63, 3.8) is 0 Å². The highest BCUT2D eigenvalue weighted by atomic mass is 16.6. The van der Waals surface area contributed by atoms with Crippen molar-refractivity contribution >= 4 is 0 Å². The Hall–Kier alpha value is -0.160. The highest BCUT2D eigenvalue weighted by molar-refractivity contribution is 4.36. The minimum absolute atomic E-state index is 0.123. The van der Waals surface area contributed by atoms with E-state index in [1.807, 2.05) is 5.48 Å². The summed E-state index contributed by atoms with van der Waals surface area (Å²) >= 11 is 0. The van der Waals surface area contributed by atoms with Gasteiger partial charge in [0.15, 0.2) is 0 Å². The van der Waals surface area contributed by atoms with Crippen molar-refractivity contribution in [1.82, 2.24) is 5.48 Å². The topological polar surface area (TPSA) is 61.7 Å². The van der Waals surface area contributed by atoms with Gasteiger partial charge in [-0.25, -0.2) is 0 Å². The molecule has 0 aliphatic heterocycles. The lowest BCUT2D eigenvalue weighted by Gasteiger charge is -2.08. The molecule has 9 heavy (non-hydrogen) atoms. The smallest absolute Gasteiger partial charge is 0.127 e. The molecule has 0 spiro atoms. The first-order valence-corrected chi connectivity index (χ1v) is 2.93. The lowest BCUT2D eigenvalue weighted by atomic mass is 10.5. The molecule has 3 N–H and O–H groups in total. The van der Waals surface area contributed by atoms with Crippen molar-refractivity contribution in [2.45, 2.75) is 19.6 Å². The highest BCUT2D eigenvalue weighted by Gasteiger charge is 1.95. The average Bonchev–Trinajstić information content (AvgIpc) is 1.89. The van der Waals surface area contributed by atoms with Gasteiger partial charge in [0.05, 0.1) is 6.61 Å². The number of hydroxylamine groups is 1. The van der Waals surface area contributed by atoms with Crippen LogP contribution in [0.5, 0.6) is 0 Å². The predicted molar refractivity (Wildman–Crippen MR) is 32.0 cm³/mol. The van der Waals surface area contributed by atoms with Crippen LogP contribution in [0.1, 0.15) is 13.3 Å². The van der Waals surface area contributed by atoms with Gasteiger partial charge in [-0.2, -0.15) is 5.48 Å². The molecule has 4 nitrogen and oxygen atoms in total. The fourth-order valence-corrected chi connectivity index (χ4v) is 0.362. The van der Waals surface area contributed by atoms with Gasteiger partial charge in [-0.3, -0.25) is 0 Å². The van der Waals surface area contributed by atoms with Crippen LogP contribution in [0, 0.1) is 0 Å². The third kappa shape index (κ3) is 5.72. The first-order chi connectivity index (χ1) is 4.31. The Balaban J connectivity index is 2.88. The van der Waals surface area contributed by atoms with E-state index in [9.17, 15) is 0 Å². The standard InChI is InChI=1S/C5H13NO3/c1-5(6-8)9-4-2-3-7/h5-8H,2-4H2,1H3. The van der Waals surface area contributed by atoms with E-state index in [4.69, 9.17) is 15.1 Å². The van der Waals surface area contributed by atoms with Crippen molar-refractivity contribution in [3.05, 3.63) is 0 Å². The monoisotopic (exact) mass is 135 g/mol. The minimum Gasteiger partial charge on any atom is -0.396 e. The molecule has 1 atom stereocenters. The van der Waals surface area contributed by atoms with Crippen LogP contribution in [0.2, 0.25) is 0 Å². The average molecular weight is 135 g/mol. The molecule has 0 bridgehead atoms. The summed E-state index contributed by atoms with van der Waals surface area (Å²) in [4.78, 5) is 0. The van der Waals surface area contributed by atoms with Crippen LogP contribution in [-0.2, 0) is 4.74 Å². The summed E-state index contributed by atoms with van der Waals surface area (Å²) < 4.78 is 4.91. The molecule has 4 heteroatoms. The van der Waals surface area contributed by atoms with Crippen LogP contribution in [0.4, 0.5) is 0 Å². The third-order valence-electron chi connectivity index (χ3n) is 0.852. The van der Waals surface area contributed by atoms with Gasteiger partial charge >= 0.3 is 0 Å². The van der Waals surface area contributed by atoms with E-state index in [1.54, 1.807) is 6.92 Å². The maximum Gasteiger partial charge on any atom is 0.127 e. The number of aliphatic hydroxyl groups excluding tert-OH is 1. The number of hydrogen-bond acceptors (Lipinski definition) is 4. The molecule has 0 fully saturated rings. The van der Waals surface area contributed by atoms with E-state index in [-0.39, 0.29) is 12.8 Å². The van der Waals surface area contributed by atoms with E-state index in [2.05, 4.69) is 0 Å². The fraction of sp³-hybridized carbons (Fsp3) is 1.00. The van der Waals surface area contributed by atoms with Crippen molar-refractivity contribution in [1.29, 1.82) is 0 Å². The van der Waals surface area contributed by atoms with Gasteiger partial charge in [-0.1, -0.05) is 0 Å². The summed E-state index contributed by atoms with van der Waals surface area (Å²) in [6.07, 6.45) is 0.253. The molecule has 0 aromatic carbocycles. The second-order valence-corrected chi connectivity index (χ2v) is 1.72. The summed E-state index contributed by atoms with van der Waals surface area (Å²) in [5.74, 6) is 0. The zero-order chi connectivity index (χ0) is 7.11. The summed E-state index contributed by atoms with van der Waals surface area (Å²) in [6.45, 7) is 2.26. The van der Waals surface area contributed by atoms with Gasteiger partial charge in [-0.15, -0.1) is 0 Å². The zero-order valence-electron chi connectivity index (χ0n) is 5.50. The number of rotatable bonds is 5. The molecule has 0 saturated carbocycles. The zero-order valence-corrected chi connectivity index (χ0v) is 5.50. The Kier molecular flexibility index (Phi) is 5.86. The molecule has 0 aromatic heterocycles. The number of hydrogen-bond donors (Lipinski definition) is 3. The molecule has 0 aliphatic carbocycles. The van der Waals surface area contributed by atoms with Gasteiger partial charge in [0, 0.05) is 6.61 Å². The lowest BCUT2D eigenvalue weighted by Crippen LogP contribution is -2.25. The van der Waals surface area contributed by atoms with Crippen LogP contribution >= 0.6 is 0 Å². The number of ether oxygens (including phenoxy) is 1. The Morgan fingerprint density at radius 3 is 2.78 bits per heavy atom. The van der Waals surface area contributed by atoms with Crippen LogP contribution in [0.25, 0.3) is 0 Å². The minimum atomic E-state index is -0.350. The van der Waals surface area contributed by atoms with Gasteiger partial charge in [0.1, 0.15) is 6.23 Å². The first kappa shape index (κ1) is 8.84. The van der Waals surface area contributed by atoms with E-state index >= 15 is 0 Å². The maximum atomic E-state index is 8.29. The molecule has 0 aromatic rings. The van der Waals surface area contributed by atoms with Crippen molar-refractivity contribution in [3.8, 4) is 0 Å². The molecule has 56 valence electrons. The second-order valence-electron chi connectivity index (χ2n) is 1.72. The largest absolute Gasteiger partial charge is 0.396 e. The maximum absolute atomic E-state index is 8.29. The Morgan fingerprint density at radius 2 is 2.33 bits per heavy atom. The number of nitrogens with one attached hydrogen (secondary N) is 1. The van der Waals surface area contributed by atoms with Crippen LogP contribution < -0.4 is 5.48 Å². The van der Waals surface area contributed by atoms with E-state index in [0.717, 1.165) is 0 Å². The predicted octanol–water partition coefficient (Wildman–Crippen LogP) is -0.290. The quantitative estimate of drug-likeness (QED) is 0.275. The Labute approximate surface area is 54.4 Å². The molecule has 0 rings (SSSR count). The van der Waals surface area contributed by atoms with Gasteiger partial charge in [0.25, 0.3) is 0 Å². The van der Waals surface area contributed by atoms with Crippen molar-refractivity contribution in [2.75, 3.05) is 13.2 Å². The van der Waals surface area contributed by atoms with Gasteiger partial charge < -0.3 is 15.1 Å². The highest BCUT2D eigenvalue weighted by Crippen LogP contribution is 1.85. The molecule has 0 aliphatic rings. The van der Waals surface area contributed by atoms with Crippen molar-refractivity contribution in [2.24, 2.45) is 0 Å². The summed E-state index contributed by atoms with van der Waals surface area (Å²) in [7, 11) is 0. The van der Waals surface area contributed by atoms with Gasteiger partial charge in [0.2, 0.25) is 0 Å².